The molecule has 3 rings (SSSR count). The Balaban J connectivity index is 1.92. The van der Waals surface area contributed by atoms with Crippen molar-refractivity contribution in [1.82, 2.24) is 0 Å². The van der Waals surface area contributed by atoms with Gasteiger partial charge in [0.2, 0.25) is 5.76 Å². The average Bonchev–Trinajstić information content (AvgIpc) is 2.92. The van der Waals surface area contributed by atoms with Crippen LogP contribution in [0.15, 0.2) is 66.4 Å². The second-order valence-electron chi connectivity index (χ2n) is 5.32. The molecule has 122 valence electrons. The molecule has 5 heteroatoms. The van der Waals surface area contributed by atoms with Crippen LogP contribution in [0.4, 0.5) is 0 Å². The number of hydrogen-bond acceptors (Lipinski definition) is 5. The Kier molecular flexibility index (Phi) is 4.33. The van der Waals surface area contributed by atoms with E-state index in [9.17, 15) is 9.59 Å². The molecule has 1 saturated heterocycles. The van der Waals surface area contributed by atoms with Crippen LogP contribution in [0.1, 0.15) is 11.1 Å². The minimum Gasteiger partial charge on any atom is -0.463 e. The van der Waals surface area contributed by atoms with Gasteiger partial charge in [-0.15, -0.1) is 0 Å². The van der Waals surface area contributed by atoms with Crippen LogP contribution in [0.5, 0.6) is 0 Å². The topological polar surface area (TPSA) is 61.8 Å². The van der Waals surface area contributed by atoms with Gasteiger partial charge in [-0.3, -0.25) is 0 Å². The van der Waals surface area contributed by atoms with E-state index in [2.05, 4.69) is 0 Å². The predicted octanol–water partition coefficient (Wildman–Crippen LogP) is 2.71. The lowest BCUT2D eigenvalue weighted by Crippen LogP contribution is -2.43. The highest BCUT2D eigenvalue weighted by atomic mass is 16.8. The van der Waals surface area contributed by atoms with Crippen molar-refractivity contribution in [3.05, 3.63) is 77.5 Å². The van der Waals surface area contributed by atoms with Crippen molar-refractivity contribution >= 4 is 18.0 Å². The first-order valence-corrected chi connectivity index (χ1v) is 7.44. The highest BCUT2D eigenvalue weighted by Crippen LogP contribution is 2.33. The highest BCUT2D eigenvalue weighted by molar-refractivity contribution is 5.97. The molecule has 0 bridgehead atoms. The molecule has 0 unspecified atom stereocenters. The van der Waals surface area contributed by atoms with Crippen molar-refractivity contribution in [2.24, 2.45) is 0 Å². The van der Waals surface area contributed by atoms with Gasteiger partial charge in [0, 0.05) is 0 Å². The molecule has 1 atom stereocenters. The number of hydrogen-bond donors (Lipinski definition) is 0. The Morgan fingerprint density at radius 3 is 2.29 bits per heavy atom. The summed E-state index contributed by atoms with van der Waals surface area (Å²) in [7, 11) is 1.23. The molecule has 0 spiro atoms. The van der Waals surface area contributed by atoms with Crippen molar-refractivity contribution in [2.75, 3.05) is 7.11 Å². The third kappa shape index (κ3) is 3.15. The van der Waals surface area contributed by atoms with Crippen LogP contribution in [0.25, 0.3) is 6.08 Å². The van der Waals surface area contributed by atoms with Gasteiger partial charge >= 0.3 is 17.7 Å². The molecule has 1 aliphatic rings. The van der Waals surface area contributed by atoms with E-state index in [4.69, 9.17) is 14.2 Å². The van der Waals surface area contributed by atoms with Gasteiger partial charge in [0.05, 0.1) is 13.5 Å². The fraction of sp³-hybridized carbons (Fsp3) is 0.158. The van der Waals surface area contributed by atoms with E-state index in [0.29, 0.717) is 0 Å². The van der Waals surface area contributed by atoms with Crippen LogP contribution in [0, 0.1) is 0 Å². The summed E-state index contributed by atoms with van der Waals surface area (Å²) in [5, 5.41) is 0. The molecule has 0 radical (unpaired) electrons. The quantitative estimate of drug-likeness (QED) is 0.639. The molecule has 2 aromatic rings. The molecule has 1 fully saturated rings. The van der Waals surface area contributed by atoms with E-state index in [0.717, 1.165) is 11.1 Å². The van der Waals surface area contributed by atoms with Crippen LogP contribution in [-0.4, -0.2) is 24.8 Å². The maximum Gasteiger partial charge on any atom is 0.393 e. The molecular formula is C19H16O5. The average molecular weight is 324 g/mol. The van der Waals surface area contributed by atoms with Crippen LogP contribution in [-0.2, 0) is 30.2 Å². The second kappa shape index (κ2) is 6.58. The summed E-state index contributed by atoms with van der Waals surface area (Å²) in [5.41, 5.74) is 1.56. The molecule has 0 aromatic heterocycles. The Hall–Kier alpha value is -3.08. The summed E-state index contributed by atoms with van der Waals surface area (Å²) in [6.07, 6.45) is 1.61. The van der Waals surface area contributed by atoms with Crippen LogP contribution in [0.3, 0.4) is 0 Å². The van der Waals surface area contributed by atoms with Gasteiger partial charge in [0.25, 0.3) is 0 Å². The van der Waals surface area contributed by atoms with Gasteiger partial charge in [-0.25, -0.2) is 9.59 Å². The third-order valence-corrected chi connectivity index (χ3v) is 3.61. The lowest BCUT2D eigenvalue weighted by atomic mass is 10.1. The number of carbonyl (C=O) groups excluding carboxylic acids is 2. The van der Waals surface area contributed by atoms with Crippen LogP contribution >= 0.6 is 0 Å². The Morgan fingerprint density at radius 2 is 1.67 bits per heavy atom. The number of methoxy groups -OCH3 is 1. The van der Waals surface area contributed by atoms with Gasteiger partial charge in [-0.05, 0) is 17.2 Å². The zero-order valence-electron chi connectivity index (χ0n) is 13.1. The van der Waals surface area contributed by atoms with E-state index >= 15 is 0 Å². The molecule has 0 saturated carbocycles. The molecule has 24 heavy (non-hydrogen) atoms. The Morgan fingerprint density at radius 1 is 1.04 bits per heavy atom. The van der Waals surface area contributed by atoms with E-state index in [-0.39, 0.29) is 12.2 Å². The summed E-state index contributed by atoms with van der Waals surface area (Å²) >= 11 is 0. The number of esters is 2. The Bertz CT molecular complexity index is 767. The van der Waals surface area contributed by atoms with E-state index in [1.807, 2.05) is 60.7 Å². The fourth-order valence-corrected chi connectivity index (χ4v) is 2.48. The predicted molar refractivity (Wildman–Crippen MR) is 86.5 cm³/mol. The van der Waals surface area contributed by atoms with E-state index in [1.54, 1.807) is 0 Å². The maximum absolute atomic E-state index is 12.2. The lowest BCUT2D eigenvalue weighted by molar-refractivity contribution is -0.202. The number of ether oxygens (including phenoxy) is 3. The zero-order valence-corrected chi connectivity index (χ0v) is 13.1. The van der Waals surface area contributed by atoms with Gasteiger partial charge in [0.1, 0.15) is 0 Å². The van der Waals surface area contributed by atoms with Crippen LogP contribution < -0.4 is 0 Å². The SMILES string of the molecule is COC(=O)[C@@]1(Cc2ccccc2)OC(=O)/C(=C/c2ccccc2)O1. The summed E-state index contributed by atoms with van der Waals surface area (Å²) < 4.78 is 15.7. The van der Waals surface area contributed by atoms with E-state index in [1.165, 1.54) is 13.2 Å². The summed E-state index contributed by atoms with van der Waals surface area (Å²) in [6.45, 7) is 0. The molecule has 1 heterocycles. The molecule has 2 aromatic carbocycles. The van der Waals surface area contributed by atoms with Gasteiger partial charge in [0.15, 0.2) is 0 Å². The van der Waals surface area contributed by atoms with Gasteiger partial charge in [-0.2, -0.15) is 0 Å². The normalized spacial score (nSPS) is 21.2. The van der Waals surface area contributed by atoms with Crippen molar-refractivity contribution in [3.63, 3.8) is 0 Å². The van der Waals surface area contributed by atoms with Gasteiger partial charge in [-0.1, -0.05) is 60.7 Å². The molecule has 0 N–H and O–H groups in total. The molecule has 0 aliphatic carbocycles. The summed E-state index contributed by atoms with van der Waals surface area (Å²) in [6, 6.07) is 18.3. The standard InChI is InChI=1S/C19H16O5/c1-22-18(21)19(13-15-10-6-3-7-11-15)23-16(17(20)24-19)12-14-8-4-2-5-9-14/h2-12H,13H2,1H3/b16-12-/t19-/m1/s1. The number of benzene rings is 2. The van der Waals surface area contributed by atoms with Crippen LogP contribution in [0.2, 0.25) is 0 Å². The zero-order chi connectivity index (χ0) is 17.0. The largest absolute Gasteiger partial charge is 0.463 e. The second-order valence-corrected chi connectivity index (χ2v) is 5.32. The number of carbonyl (C=O) groups is 2. The summed E-state index contributed by atoms with van der Waals surface area (Å²) in [4.78, 5) is 24.4. The lowest BCUT2D eigenvalue weighted by Gasteiger charge is -2.23. The fourth-order valence-electron chi connectivity index (χ4n) is 2.48. The minimum absolute atomic E-state index is 0.0254. The molecule has 0 amide bonds. The number of cyclic esters (lactones) is 1. The van der Waals surface area contributed by atoms with Crippen molar-refractivity contribution in [3.8, 4) is 0 Å². The molecule has 1 aliphatic heterocycles. The first-order valence-electron chi connectivity index (χ1n) is 7.44. The summed E-state index contributed by atoms with van der Waals surface area (Å²) in [5.74, 6) is -3.27. The van der Waals surface area contributed by atoms with Crippen molar-refractivity contribution < 1.29 is 23.8 Å². The third-order valence-electron chi connectivity index (χ3n) is 3.61. The van der Waals surface area contributed by atoms with Crippen molar-refractivity contribution in [1.29, 1.82) is 0 Å². The monoisotopic (exact) mass is 324 g/mol. The Labute approximate surface area is 139 Å². The van der Waals surface area contributed by atoms with Crippen molar-refractivity contribution in [2.45, 2.75) is 12.2 Å². The minimum atomic E-state index is -1.80. The first kappa shape index (κ1) is 15.8. The smallest absolute Gasteiger partial charge is 0.393 e. The molecule has 5 nitrogen and oxygen atoms in total. The number of rotatable bonds is 4. The first-order chi connectivity index (χ1) is 11.6. The maximum atomic E-state index is 12.2. The molecular weight excluding hydrogens is 308 g/mol. The van der Waals surface area contributed by atoms with Gasteiger partial charge < -0.3 is 14.2 Å². The highest BCUT2D eigenvalue weighted by Gasteiger charge is 2.53. The van der Waals surface area contributed by atoms with E-state index < -0.39 is 17.7 Å².